The third-order valence-electron chi connectivity index (χ3n) is 1.37. The lowest BCUT2D eigenvalue weighted by molar-refractivity contribution is -0.140. The number of carbonyl (C=O) groups is 2. The molecule has 70 valence electrons. The van der Waals surface area contributed by atoms with Crippen LogP contribution in [0.25, 0.3) is 0 Å². The fourth-order valence-corrected chi connectivity index (χ4v) is 0.624. The van der Waals surface area contributed by atoms with Crippen LogP contribution in [-0.4, -0.2) is 21.6 Å². The first-order chi connectivity index (χ1) is 6.11. The van der Waals surface area contributed by atoms with E-state index in [0.29, 0.717) is 0 Å². The van der Waals surface area contributed by atoms with E-state index in [0.717, 1.165) is 4.57 Å². The zero-order valence-electron chi connectivity index (χ0n) is 7.43. The van der Waals surface area contributed by atoms with Gasteiger partial charge in [-0.3, -0.25) is 4.79 Å². The summed E-state index contributed by atoms with van der Waals surface area (Å²) in [5, 5.41) is 0. The standard InChI is InChI=1S/C8H10N2O3/c1-6(2)7(11)13-8(12)10-4-3-9-5-10/h3-6H,1-2H3. The third-order valence-corrected chi connectivity index (χ3v) is 1.37. The number of imidazole rings is 1. The molecule has 0 bridgehead atoms. The predicted molar refractivity (Wildman–Crippen MR) is 44.0 cm³/mol. The summed E-state index contributed by atoms with van der Waals surface area (Å²) >= 11 is 0. The second-order valence-electron chi connectivity index (χ2n) is 2.81. The molecular formula is C8H10N2O3. The molecule has 0 N–H and O–H groups in total. The molecule has 0 spiro atoms. The molecule has 0 atom stereocenters. The highest BCUT2D eigenvalue weighted by atomic mass is 16.6. The number of rotatable bonds is 1. The molecule has 0 saturated carbocycles. The minimum Gasteiger partial charge on any atom is -0.375 e. The van der Waals surface area contributed by atoms with Gasteiger partial charge in [-0.05, 0) is 0 Å². The Morgan fingerprint density at radius 3 is 2.62 bits per heavy atom. The summed E-state index contributed by atoms with van der Waals surface area (Å²) in [6.07, 6.45) is 3.39. The van der Waals surface area contributed by atoms with Crippen molar-refractivity contribution in [3.8, 4) is 0 Å². The molecule has 0 amide bonds. The average molecular weight is 182 g/mol. The van der Waals surface area contributed by atoms with Crippen LogP contribution < -0.4 is 0 Å². The van der Waals surface area contributed by atoms with Crippen molar-refractivity contribution in [1.29, 1.82) is 0 Å². The maximum absolute atomic E-state index is 11.1. The van der Waals surface area contributed by atoms with Gasteiger partial charge in [0.2, 0.25) is 0 Å². The van der Waals surface area contributed by atoms with E-state index >= 15 is 0 Å². The maximum atomic E-state index is 11.1. The zero-order chi connectivity index (χ0) is 9.84. The van der Waals surface area contributed by atoms with Gasteiger partial charge in [-0.25, -0.2) is 14.3 Å². The first kappa shape index (κ1) is 9.44. The lowest BCUT2D eigenvalue weighted by Crippen LogP contribution is -2.20. The number of nitrogens with zero attached hydrogens (tertiary/aromatic N) is 2. The summed E-state index contributed by atoms with van der Waals surface area (Å²) in [5.41, 5.74) is 0. The van der Waals surface area contributed by atoms with Gasteiger partial charge in [-0.2, -0.15) is 0 Å². The van der Waals surface area contributed by atoms with Crippen molar-refractivity contribution in [3.63, 3.8) is 0 Å². The van der Waals surface area contributed by atoms with Gasteiger partial charge in [0, 0.05) is 12.4 Å². The molecule has 0 saturated heterocycles. The molecule has 0 aromatic carbocycles. The zero-order valence-corrected chi connectivity index (χ0v) is 7.43. The molecule has 1 aromatic rings. The Labute approximate surface area is 75.3 Å². The molecule has 1 heterocycles. The van der Waals surface area contributed by atoms with Gasteiger partial charge < -0.3 is 4.74 Å². The van der Waals surface area contributed by atoms with Crippen LogP contribution in [0.15, 0.2) is 18.7 Å². The van der Waals surface area contributed by atoms with Crippen LogP contribution in [0.2, 0.25) is 0 Å². The van der Waals surface area contributed by atoms with E-state index in [1.54, 1.807) is 13.8 Å². The van der Waals surface area contributed by atoms with Crippen LogP contribution in [0.3, 0.4) is 0 Å². The highest BCUT2D eigenvalue weighted by molar-refractivity contribution is 5.86. The fraction of sp³-hybridized carbons (Fsp3) is 0.375. The van der Waals surface area contributed by atoms with Gasteiger partial charge in [-0.15, -0.1) is 0 Å². The lowest BCUT2D eigenvalue weighted by Gasteiger charge is -2.04. The van der Waals surface area contributed by atoms with Gasteiger partial charge in [0.05, 0.1) is 5.92 Å². The van der Waals surface area contributed by atoms with Crippen molar-refractivity contribution < 1.29 is 14.3 Å². The summed E-state index contributed by atoms with van der Waals surface area (Å²) in [4.78, 5) is 25.7. The van der Waals surface area contributed by atoms with Gasteiger partial charge in [0.15, 0.2) is 0 Å². The maximum Gasteiger partial charge on any atom is 0.427 e. The molecule has 0 fully saturated rings. The number of ether oxygens (including phenoxy) is 1. The molecule has 0 aliphatic heterocycles. The Kier molecular flexibility index (Phi) is 2.79. The molecule has 5 nitrogen and oxygen atoms in total. The van der Waals surface area contributed by atoms with Crippen LogP contribution in [0, 0.1) is 5.92 Å². The third kappa shape index (κ3) is 2.40. The highest BCUT2D eigenvalue weighted by Gasteiger charge is 2.14. The molecule has 0 aliphatic carbocycles. The van der Waals surface area contributed by atoms with Crippen molar-refractivity contribution in [2.24, 2.45) is 5.92 Å². The molecular weight excluding hydrogens is 172 g/mol. The molecule has 0 radical (unpaired) electrons. The molecule has 5 heteroatoms. The van der Waals surface area contributed by atoms with Crippen LogP contribution in [-0.2, 0) is 9.53 Å². The van der Waals surface area contributed by atoms with Crippen molar-refractivity contribution in [2.75, 3.05) is 0 Å². The van der Waals surface area contributed by atoms with Crippen LogP contribution >= 0.6 is 0 Å². The van der Waals surface area contributed by atoms with Crippen LogP contribution in [0.1, 0.15) is 13.8 Å². The number of carbonyl (C=O) groups excluding carboxylic acids is 2. The number of hydrogen-bond acceptors (Lipinski definition) is 4. The number of hydrogen-bond donors (Lipinski definition) is 0. The normalized spacial score (nSPS) is 10.1. The summed E-state index contributed by atoms with van der Waals surface area (Å²) in [7, 11) is 0. The Morgan fingerprint density at radius 2 is 2.15 bits per heavy atom. The van der Waals surface area contributed by atoms with E-state index in [-0.39, 0.29) is 5.92 Å². The minimum absolute atomic E-state index is 0.313. The Morgan fingerprint density at radius 1 is 1.46 bits per heavy atom. The van der Waals surface area contributed by atoms with Gasteiger partial charge in [0.25, 0.3) is 0 Å². The SMILES string of the molecule is CC(C)C(=O)OC(=O)n1ccnc1. The van der Waals surface area contributed by atoms with Crippen LogP contribution in [0.5, 0.6) is 0 Å². The Balaban J connectivity index is 2.57. The molecule has 13 heavy (non-hydrogen) atoms. The first-order valence-corrected chi connectivity index (χ1v) is 3.85. The minimum atomic E-state index is -0.726. The smallest absolute Gasteiger partial charge is 0.375 e. The second kappa shape index (κ2) is 3.84. The fourth-order valence-electron chi connectivity index (χ4n) is 0.624. The quantitative estimate of drug-likeness (QED) is 0.481. The van der Waals surface area contributed by atoms with E-state index < -0.39 is 12.1 Å². The first-order valence-electron chi connectivity index (χ1n) is 3.85. The summed E-state index contributed by atoms with van der Waals surface area (Å²) in [6, 6.07) is 0. The monoisotopic (exact) mass is 182 g/mol. The van der Waals surface area contributed by atoms with Crippen molar-refractivity contribution in [3.05, 3.63) is 18.7 Å². The van der Waals surface area contributed by atoms with Gasteiger partial charge in [0.1, 0.15) is 6.33 Å². The second-order valence-corrected chi connectivity index (χ2v) is 2.81. The van der Waals surface area contributed by atoms with Crippen molar-refractivity contribution in [2.45, 2.75) is 13.8 Å². The topological polar surface area (TPSA) is 61.2 Å². The molecule has 0 unspecified atom stereocenters. The van der Waals surface area contributed by atoms with Gasteiger partial charge >= 0.3 is 12.1 Å². The van der Waals surface area contributed by atoms with E-state index in [2.05, 4.69) is 9.72 Å². The summed E-state index contributed by atoms with van der Waals surface area (Å²) in [6.45, 7) is 3.31. The highest BCUT2D eigenvalue weighted by Crippen LogP contribution is 1.98. The van der Waals surface area contributed by atoms with Crippen molar-refractivity contribution in [1.82, 2.24) is 9.55 Å². The number of esters is 1. The Hall–Kier alpha value is -1.65. The largest absolute Gasteiger partial charge is 0.427 e. The van der Waals surface area contributed by atoms with Crippen molar-refractivity contribution >= 4 is 12.1 Å². The summed E-state index contributed by atoms with van der Waals surface area (Å²) < 4.78 is 5.60. The molecule has 1 rings (SSSR count). The average Bonchev–Trinajstić information content (AvgIpc) is 2.55. The van der Waals surface area contributed by atoms with Crippen LogP contribution in [0.4, 0.5) is 4.79 Å². The van der Waals surface area contributed by atoms with E-state index in [1.165, 1.54) is 18.7 Å². The molecule has 0 aliphatic rings. The van der Waals surface area contributed by atoms with E-state index in [9.17, 15) is 9.59 Å². The summed E-state index contributed by atoms with van der Waals surface area (Å²) in [5.74, 6) is -0.855. The van der Waals surface area contributed by atoms with E-state index in [4.69, 9.17) is 0 Å². The van der Waals surface area contributed by atoms with E-state index in [1.807, 2.05) is 0 Å². The number of aromatic nitrogens is 2. The lowest BCUT2D eigenvalue weighted by atomic mass is 10.2. The Bertz CT molecular complexity index is 303. The molecule has 1 aromatic heterocycles. The van der Waals surface area contributed by atoms with Gasteiger partial charge in [-0.1, -0.05) is 13.8 Å². The predicted octanol–water partition coefficient (Wildman–Crippen LogP) is 1.05.